The molecule has 0 aromatic heterocycles. The van der Waals surface area contributed by atoms with E-state index >= 15 is 0 Å². The molecular weight excluding hydrogens is 432 g/mol. The molecule has 4 aliphatic carbocycles. The summed E-state index contributed by atoms with van der Waals surface area (Å²) in [5.74, 6) is 3.40. The predicted octanol–water partition coefficient (Wildman–Crippen LogP) is 6.58. The zero-order valence-electron chi connectivity index (χ0n) is 20.0. The quantitative estimate of drug-likeness (QED) is 0.230. The standard InChI is InChI=1S/C29H37ClO3/c1-28-11-9-22(31)18-21(28)7-8-24-25(28)10-12-29(2)26(24)17-20(27(29)32)15-19-5-3-6-23(16-19)33-14-4-13-30/h3,5-7,15-16,22,24-26,31H,4,8-14,17-18H2,1-2H3/t22?,24-,25-,26+,28+,29+/m1/s1. The highest BCUT2D eigenvalue weighted by molar-refractivity contribution is 6.17. The molecule has 0 bridgehead atoms. The number of aliphatic hydroxyl groups excluding tert-OH is 1. The van der Waals surface area contributed by atoms with Crippen LogP contribution in [-0.4, -0.2) is 29.5 Å². The van der Waals surface area contributed by atoms with Gasteiger partial charge >= 0.3 is 0 Å². The highest BCUT2D eigenvalue weighted by Gasteiger charge is 2.59. The Morgan fingerprint density at radius 3 is 2.79 bits per heavy atom. The minimum atomic E-state index is -0.239. The number of fused-ring (bicyclic) bond motifs is 5. The molecule has 0 heterocycles. The Bertz CT molecular complexity index is 981. The summed E-state index contributed by atoms with van der Waals surface area (Å²) in [5.41, 5.74) is 3.47. The molecule has 0 aliphatic heterocycles. The maximum Gasteiger partial charge on any atom is 0.165 e. The number of hydrogen-bond acceptors (Lipinski definition) is 3. The molecule has 3 fully saturated rings. The van der Waals surface area contributed by atoms with E-state index in [1.165, 1.54) is 5.57 Å². The number of ketones is 1. The summed E-state index contributed by atoms with van der Waals surface area (Å²) in [7, 11) is 0. The van der Waals surface area contributed by atoms with Crippen molar-refractivity contribution < 1.29 is 14.6 Å². The molecule has 6 atom stereocenters. The summed E-state index contributed by atoms with van der Waals surface area (Å²) in [4.78, 5) is 13.7. The van der Waals surface area contributed by atoms with Crippen LogP contribution in [0.3, 0.4) is 0 Å². The first-order valence-electron chi connectivity index (χ1n) is 12.8. The second-order valence-corrected chi connectivity index (χ2v) is 11.7. The Hall–Kier alpha value is -1.58. The fourth-order valence-corrected chi connectivity index (χ4v) is 7.69. The van der Waals surface area contributed by atoms with Crippen LogP contribution < -0.4 is 4.74 Å². The van der Waals surface area contributed by atoms with Crippen LogP contribution >= 0.6 is 11.6 Å². The van der Waals surface area contributed by atoms with Gasteiger partial charge in [0.2, 0.25) is 0 Å². The molecule has 1 aromatic carbocycles. The van der Waals surface area contributed by atoms with Gasteiger partial charge in [0.15, 0.2) is 5.78 Å². The van der Waals surface area contributed by atoms with Crippen molar-refractivity contribution in [1.82, 2.24) is 0 Å². The maximum absolute atomic E-state index is 13.7. The lowest BCUT2D eigenvalue weighted by Crippen LogP contribution is -2.50. The van der Waals surface area contributed by atoms with Crippen molar-refractivity contribution in [1.29, 1.82) is 0 Å². The van der Waals surface area contributed by atoms with Gasteiger partial charge in [0.25, 0.3) is 0 Å². The van der Waals surface area contributed by atoms with Gasteiger partial charge in [-0.15, -0.1) is 11.6 Å². The zero-order chi connectivity index (χ0) is 23.2. The number of carbonyl (C=O) groups is 1. The minimum Gasteiger partial charge on any atom is -0.494 e. The van der Waals surface area contributed by atoms with Crippen molar-refractivity contribution in [3.8, 4) is 5.75 Å². The Kier molecular flexibility index (Phi) is 6.24. The molecule has 0 radical (unpaired) electrons. The molecule has 4 aliphatic rings. The molecule has 0 spiro atoms. The number of benzene rings is 1. The third-order valence-corrected chi connectivity index (χ3v) is 9.73. The molecule has 178 valence electrons. The molecule has 1 unspecified atom stereocenters. The van der Waals surface area contributed by atoms with Crippen molar-refractivity contribution in [3.05, 3.63) is 47.1 Å². The fraction of sp³-hybridized carbons (Fsp3) is 0.621. The van der Waals surface area contributed by atoms with E-state index in [4.69, 9.17) is 16.3 Å². The first-order chi connectivity index (χ1) is 15.8. The number of alkyl halides is 1. The molecule has 1 aromatic rings. The average molecular weight is 469 g/mol. The Labute approximate surface area is 203 Å². The van der Waals surface area contributed by atoms with Crippen molar-refractivity contribution in [2.45, 2.75) is 71.3 Å². The van der Waals surface area contributed by atoms with Gasteiger partial charge in [0.05, 0.1) is 12.7 Å². The van der Waals surface area contributed by atoms with Crippen molar-refractivity contribution in [2.24, 2.45) is 28.6 Å². The number of hydrogen-bond donors (Lipinski definition) is 1. The van der Waals surface area contributed by atoms with Gasteiger partial charge in [-0.05, 0) is 104 Å². The van der Waals surface area contributed by atoms with E-state index in [-0.39, 0.29) is 16.9 Å². The van der Waals surface area contributed by atoms with Gasteiger partial charge in [-0.3, -0.25) is 4.79 Å². The van der Waals surface area contributed by atoms with Crippen LogP contribution in [0.5, 0.6) is 5.75 Å². The summed E-state index contributed by atoms with van der Waals surface area (Å²) < 4.78 is 5.81. The zero-order valence-corrected chi connectivity index (χ0v) is 20.7. The van der Waals surface area contributed by atoms with Gasteiger partial charge in [-0.1, -0.05) is 37.6 Å². The van der Waals surface area contributed by atoms with Gasteiger partial charge < -0.3 is 9.84 Å². The summed E-state index contributed by atoms with van der Waals surface area (Å²) in [6.45, 7) is 5.28. The summed E-state index contributed by atoms with van der Waals surface area (Å²) in [6, 6.07) is 8.06. The van der Waals surface area contributed by atoms with Crippen LogP contribution in [0.15, 0.2) is 41.5 Å². The number of Topliss-reactive ketones (excluding diaryl/α,β-unsaturated/α-hetero) is 1. The SMILES string of the molecule is C[C@]12CCC(O)CC1=CC[C@@H]1[C@H]2CC[C@]2(C)C(=O)C(=Cc3cccc(OCCCCl)c3)C[C@@H]12. The van der Waals surface area contributed by atoms with Gasteiger partial charge in [-0.25, -0.2) is 0 Å². The number of aliphatic hydroxyl groups is 1. The molecule has 5 rings (SSSR count). The summed E-state index contributed by atoms with van der Waals surface area (Å²) >= 11 is 5.76. The monoisotopic (exact) mass is 468 g/mol. The lowest BCUT2D eigenvalue weighted by atomic mass is 9.48. The minimum absolute atomic E-state index is 0.174. The van der Waals surface area contributed by atoms with E-state index in [2.05, 4.69) is 32.1 Å². The number of rotatable bonds is 5. The van der Waals surface area contributed by atoms with Gasteiger partial charge in [-0.2, -0.15) is 0 Å². The maximum atomic E-state index is 13.7. The van der Waals surface area contributed by atoms with Crippen molar-refractivity contribution >= 4 is 23.5 Å². The Morgan fingerprint density at radius 2 is 1.97 bits per heavy atom. The normalized spacial score (nSPS) is 39.0. The Balaban J connectivity index is 1.39. The molecule has 0 saturated heterocycles. The van der Waals surface area contributed by atoms with Gasteiger partial charge in [0.1, 0.15) is 5.75 Å². The summed E-state index contributed by atoms with van der Waals surface area (Å²) in [5, 5.41) is 10.2. The van der Waals surface area contributed by atoms with Gasteiger partial charge in [0, 0.05) is 11.3 Å². The van der Waals surface area contributed by atoms with Crippen LogP contribution in [-0.2, 0) is 4.79 Å². The smallest absolute Gasteiger partial charge is 0.165 e. The number of ether oxygens (including phenoxy) is 1. The number of allylic oxidation sites excluding steroid dienone is 2. The number of carbonyl (C=O) groups excluding carboxylic acids is 1. The molecule has 33 heavy (non-hydrogen) atoms. The van der Waals surface area contributed by atoms with Crippen LogP contribution in [0.2, 0.25) is 0 Å². The fourth-order valence-electron chi connectivity index (χ4n) is 7.58. The average Bonchev–Trinajstić information content (AvgIpc) is 3.05. The Morgan fingerprint density at radius 1 is 1.15 bits per heavy atom. The third-order valence-electron chi connectivity index (χ3n) is 9.46. The first kappa shape index (κ1) is 23.2. The second-order valence-electron chi connectivity index (χ2n) is 11.3. The molecule has 4 heteroatoms. The van der Waals surface area contributed by atoms with E-state index in [1.54, 1.807) is 0 Å². The predicted molar refractivity (Wildman–Crippen MR) is 133 cm³/mol. The third kappa shape index (κ3) is 4.00. The highest BCUT2D eigenvalue weighted by Crippen LogP contribution is 2.64. The molecule has 3 saturated carbocycles. The topological polar surface area (TPSA) is 46.5 Å². The number of halogens is 1. The highest BCUT2D eigenvalue weighted by atomic mass is 35.5. The molecule has 1 N–H and O–H groups in total. The lowest BCUT2D eigenvalue weighted by Gasteiger charge is -2.56. The molecular formula is C29H37ClO3. The molecule has 3 nitrogen and oxygen atoms in total. The largest absolute Gasteiger partial charge is 0.494 e. The van der Waals surface area contributed by atoms with E-state index in [1.807, 2.05) is 18.2 Å². The van der Waals surface area contributed by atoms with E-state index in [0.717, 1.165) is 68.3 Å². The van der Waals surface area contributed by atoms with Crippen LogP contribution in [0.4, 0.5) is 0 Å². The van der Waals surface area contributed by atoms with Crippen molar-refractivity contribution in [3.63, 3.8) is 0 Å². The first-order valence-corrected chi connectivity index (χ1v) is 13.3. The van der Waals surface area contributed by atoms with E-state index < -0.39 is 0 Å². The second kappa shape index (κ2) is 8.89. The van der Waals surface area contributed by atoms with E-state index in [9.17, 15) is 9.90 Å². The summed E-state index contributed by atoms with van der Waals surface area (Å²) in [6.07, 6.45) is 12.1. The van der Waals surface area contributed by atoms with Crippen LogP contribution in [0.1, 0.15) is 70.8 Å². The molecule has 0 amide bonds. The van der Waals surface area contributed by atoms with Crippen LogP contribution in [0.25, 0.3) is 6.08 Å². The van der Waals surface area contributed by atoms with E-state index in [0.29, 0.717) is 36.0 Å². The lowest BCUT2D eigenvalue weighted by molar-refractivity contribution is -0.130. The van der Waals surface area contributed by atoms with Crippen LogP contribution in [0, 0.1) is 28.6 Å². The van der Waals surface area contributed by atoms with Crippen molar-refractivity contribution in [2.75, 3.05) is 12.5 Å².